The van der Waals surface area contributed by atoms with E-state index in [9.17, 15) is 24.5 Å². The number of aryl methyl sites for hydroxylation is 1. The highest BCUT2D eigenvalue weighted by atomic mass is 32.2. The molecule has 31 heavy (non-hydrogen) atoms. The van der Waals surface area contributed by atoms with E-state index in [4.69, 9.17) is 0 Å². The number of nitro benzene ring substituents is 1. The van der Waals surface area contributed by atoms with Gasteiger partial charge in [0.15, 0.2) is 5.69 Å². The van der Waals surface area contributed by atoms with Crippen molar-refractivity contribution in [1.82, 2.24) is 20.0 Å². The standard InChI is InChI=1S/C20H23N5O5S/c1-12(2)9-21-19(27)16-10-31-11-23(16)20(28)18-17(26)8-13(3)24(22-18)14-6-4-5-7-15(14)25(29)30/h4-8,12,16H,9-11H2,1-3H3,(H,21,27)/t16-/m0/s1. The Balaban J connectivity index is 1.97. The Kier molecular flexibility index (Phi) is 6.74. The Morgan fingerprint density at radius 3 is 2.74 bits per heavy atom. The van der Waals surface area contributed by atoms with Crippen molar-refractivity contribution in [2.45, 2.75) is 26.8 Å². The van der Waals surface area contributed by atoms with Gasteiger partial charge in [0.2, 0.25) is 11.3 Å². The first-order chi connectivity index (χ1) is 14.7. The van der Waals surface area contributed by atoms with Gasteiger partial charge in [0, 0.05) is 30.1 Å². The van der Waals surface area contributed by atoms with Crippen LogP contribution in [0.25, 0.3) is 5.69 Å². The van der Waals surface area contributed by atoms with Crippen molar-refractivity contribution >= 4 is 29.3 Å². The van der Waals surface area contributed by atoms with Crippen LogP contribution < -0.4 is 10.7 Å². The minimum Gasteiger partial charge on any atom is -0.354 e. The predicted octanol–water partition coefficient (Wildman–Crippen LogP) is 1.74. The molecule has 0 bridgehead atoms. The van der Waals surface area contributed by atoms with Crippen LogP contribution in [0, 0.1) is 23.0 Å². The first kappa shape index (κ1) is 22.5. The second-order valence-electron chi connectivity index (χ2n) is 7.59. The number of para-hydroxylation sites is 2. The van der Waals surface area contributed by atoms with E-state index in [0.29, 0.717) is 18.0 Å². The Bertz CT molecular complexity index is 1080. The fourth-order valence-corrected chi connectivity index (χ4v) is 4.31. The van der Waals surface area contributed by atoms with Crippen LogP contribution in [0.1, 0.15) is 30.0 Å². The van der Waals surface area contributed by atoms with Crippen molar-refractivity contribution in [2.75, 3.05) is 18.2 Å². The molecule has 1 saturated heterocycles. The summed E-state index contributed by atoms with van der Waals surface area (Å²) in [6.45, 7) is 5.99. The maximum atomic E-state index is 13.2. The van der Waals surface area contributed by atoms with Crippen LogP contribution >= 0.6 is 11.8 Å². The monoisotopic (exact) mass is 445 g/mol. The molecule has 1 fully saturated rings. The van der Waals surface area contributed by atoms with E-state index in [1.165, 1.54) is 45.6 Å². The lowest BCUT2D eigenvalue weighted by Crippen LogP contribution is -2.49. The summed E-state index contributed by atoms with van der Waals surface area (Å²) in [6.07, 6.45) is 0. The second-order valence-corrected chi connectivity index (χ2v) is 8.59. The van der Waals surface area contributed by atoms with E-state index in [2.05, 4.69) is 10.4 Å². The van der Waals surface area contributed by atoms with Gasteiger partial charge in [-0.2, -0.15) is 5.10 Å². The van der Waals surface area contributed by atoms with Crippen molar-refractivity contribution in [3.63, 3.8) is 0 Å². The maximum absolute atomic E-state index is 13.2. The van der Waals surface area contributed by atoms with E-state index in [-0.39, 0.29) is 34.8 Å². The molecule has 10 nitrogen and oxygen atoms in total. The molecule has 0 spiro atoms. The smallest absolute Gasteiger partial charge is 0.294 e. The average Bonchev–Trinajstić information content (AvgIpc) is 3.21. The van der Waals surface area contributed by atoms with Gasteiger partial charge in [-0.1, -0.05) is 26.0 Å². The number of rotatable bonds is 6. The number of aromatic nitrogens is 2. The molecular formula is C20H23N5O5S. The molecule has 2 amide bonds. The van der Waals surface area contributed by atoms with Crippen molar-refractivity contribution in [3.8, 4) is 5.69 Å². The normalized spacial score (nSPS) is 15.9. The molecule has 2 heterocycles. The number of amides is 2. The maximum Gasteiger partial charge on any atom is 0.294 e. The molecule has 164 valence electrons. The third kappa shape index (κ3) is 4.76. The molecule has 0 radical (unpaired) electrons. The van der Waals surface area contributed by atoms with Gasteiger partial charge in [-0.25, -0.2) is 4.68 Å². The van der Waals surface area contributed by atoms with E-state index >= 15 is 0 Å². The van der Waals surface area contributed by atoms with Crippen molar-refractivity contribution in [2.24, 2.45) is 5.92 Å². The minimum atomic E-state index is -0.710. The Hall–Kier alpha value is -3.21. The quantitative estimate of drug-likeness (QED) is 0.530. The molecule has 1 N–H and O–H groups in total. The fraction of sp³-hybridized carbons (Fsp3) is 0.400. The van der Waals surface area contributed by atoms with E-state index in [1.807, 2.05) is 13.8 Å². The molecule has 0 aliphatic carbocycles. The third-order valence-electron chi connectivity index (χ3n) is 4.75. The summed E-state index contributed by atoms with van der Waals surface area (Å²) in [5.41, 5.74) is -0.703. The summed E-state index contributed by atoms with van der Waals surface area (Å²) in [5.74, 6) is -0.0288. The van der Waals surface area contributed by atoms with Crippen LogP contribution in [-0.2, 0) is 4.79 Å². The van der Waals surface area contributed by atoms with Crippen molar-refractivity contribution in [3.05, 3.63) is 62.1 Å². The number of nitrogens with zero attached hydrogens (tertiary/aromatic N) is 4. The van der Waals surface area contributed by atoms with E-state index < -0.39 is 22.3 Å². The average molecular weight is 446 g/mol. The molecule has 1 aliphatic heterocycles. The summed E-state index contributed by atoms with van der Waals surface area (Å²) in [5, 5.41) is 18.4. The number of hydrogen-bond acceptors (Lipinski definition) is 7. The molecular weight excluding hydrogens is 422 g/mol. The Morgan fingerprint density at radius 1 is 1.35 bits per heavy atom. The number of nitrogens with one attached hydrogen (secondary N) is 1. The van der Waals surface area contributed by atoms with Gasteiger partial charge >= 0.3 is 0 Å². The highest BCUT2D eigenvalue weighted by Crippen LogP contribution is 2.24. The van der Waals surface area contributed by atoms with Gasteiger partial charge in [-0.3, -0.25) is 24.5 Å². The Morgan fingerprint density at radius 2 is 2.06 bits per heavy atom. The summed E-state index contributed by atoms with van der Waals surface area (Å²) in [7, 11) is 0. The summed E-state index contributed by atoms with van der Waals surface area (Å²) >= 11 is 1.41. The number of benzene rings is 1. The van der Waals surface area contributed by atoms with Crippen LogP contribution in [0.3, 0.4) is 0 Å². The number of carbonyl (C=O) groups is 2. The number of thioether (sulfide) groups is 1. The Labute approximate surface area is 182 Å². The van der Waals surface area contributed by atoms with Crippen LogP contribution in [0.4, 0.5) is 5.69 Å². The zero-order valence-electron chi connectivity index (χ0n) is 17.4. The van der Waals surface area contributed by atoms with Crippen LogP contribution in [0.5, 0.6) is 0 Å². The molecule has 0 unspecified atom stereocenters. The zero-order chi connectivity index (χ0) is 22.7. The molecule has 2 aromatic rings. The van der Waals surface area contributed by atoms with Crippen LogP contribution in [0.15, 0.2) is 35.1 Å². The van der Waals surface area contributed by atoms with Gasteiger partial charge in [-0.05, 0) is 18.9 Å². The van der Waals surface area contributed by atoms with Gasteiger partial charge in [0.05, 0.1) is 10.8 Å². The summed E-state index contributed by atoms with van der Waals surface area (Å²) in [4.78, 5) is 50.4. The molecule has 3 rings (SSSR count). The number of carbonyl (C=O) groups excluding carboxylic acids is 2. The largest absolute Gasteiger partial charge is 0.354 e. The molecule has 1 aliphatic rings. The highest BCUT2D eigenvalue weighted by Gasteiger charge is 2.37. The molecule has 1 atom stereocenters. The SMILES string of the molecule is Cc1cc(=O)c(C(=O)N2CSC[C@H]2C(=O)NCC(C)C)nn1-c1ccccc1[N+](=O)[O-]. The zero-order valence-corrected chi connectivity index (χ0v) is 18.2. The lowest BCUT2D eigenvalue weighted by Gasteiger charge is -2.23. The predicted molar refractivity (Wildman–Crippen MR) is 116 cm³/mol. The first-order valence-electron chi connectivity index (χ1n) is 9.72. The third-order valence-corrected chi connectivity index (χ3v) is 5.76. The van der Waals surface area contributed by atoms with E-state index in [0.717, 1.165) is 0 Å². The number of nitro groups is 1. The lowest BCUT2D eigenvalue weighted by atomic mass is 10.2. The van der Waals surface area contributed by atoms with Crippen molar-refractivity contribution in [1.29, 1.82) is 0 Å². The van der Waals surface area contributed by atoms with E-state index in [1.54, 1.807) is 13.0 Å². The van der Waals surface area contributed by atoms with Gasteiger partial charge < -0.3 is 10.2 Å². The summed E-state index contributed by atoms with van der Waals surface area (Å²) < 4.78 is 1.21. The lowest BCUT2D eigenvalue weighted by molar-refractivity contribution is -0.384. The van der Waals surface area contributed by atoms with Crippen molar-refractivity contribution < 1.29 is 14.5 Å². The number of hydrogen-bond donors (Lipinski definition) is 1. The molecule has 11 heteroatoms. The second kappa shape index (κ2) is 9.29. The summed E-state index contributed by atoms with van der Waals surface area (Å²) in [6, 6.07) is 6.45. The highest BCUT2D eigenvalue weighted by molar-refractivity contribution is 7.99. The van der Waals surface area contributed by atoms with Crippen LogP contribution in [0.2, 0.25) is 0 Å². The van der Waals surface area contributed by atoms with Gasteiger partial charge in [-0.15, -0.1) is 11.8 Å². The minimum absolute atomic E-state index is 0.140. The fourth-order valence-electron chi connectivity index (χ4n) is 3.16. The van der Waals surface area contributed by atoms with Crippen LogP contribution in [-0.4, -0.2) is 55.6 Å². The molecule has 0 saturated carbocycles. The van der Waals surface area contributed by atoms with Gasteiger partial charge in [0.1, 0.15) is 11.7 Å². The molecule has 1 aromatic carbocycles. The molecule has 1 aromatic heterocycles. The first-order valence-corrected chi connectivity index (χ1v) is 10.9. The van der Waals surface area contributed by atoms with Gasteiger partial charge in [0.25, 0.3) is 11.6 Å². The topological polar surface area (TPSA) is 127 Å².